The summed E-state index contributed by atoms with van der Waals surface area (Å²) in [7, 11) is -1.43. The van der Waals surface area contributed by atoms with Gasteiger partial charge < -0.3 is 4.57 Å². The molecule has 2 atom stereocenters. The van der Waals surface area contributed by atoms with Gasteiger partial charge in [-0.1, -0.05) is 42.5 Å². The molecule has 108 valence electrons. The summed E-state index contributed by atoms with van der Waals surface area (Å²) in [6.45, 7) is 0. The number of hydrogen-bond donors (Lipinski definition) is 0. The molecule has 0 fully saturated rings. The van der Waals surface area contributed by atoms with Gasteiger partial charge in [-0.3, -0.25) is 9.00 Å². The maximum atomic E-state index is 13.1. The van der Waals surface area contributed by atoms with Crippen molar-refractivity contribution < 1.29 is 9.00 Å². The predicted molar refractivity (Wildman–Crippen MR) is 85.7 cm³/mol. The van der Waals surface area contributed by atoms with E-state index in [0.29, 0.717) is 10.6 Å². The van der Waals surface area contributed by atoms with E-state index in [1.54, 1.807) is 6.07 Å². The Kier molecular flexibility index (Phi) is 3.05. The zero-order valence-electron chi connectivity index (χ0n) is 11.7. The molecule has 0 bridgehead atoms. The van der Waals surface area contributed by atoms with Crippen LogP contribution in [0.5, 0.6) is 0 Å². The van der Waals surface area contributed by atoms with Gasteiger partial charge in [-0.05, 0) is 29.8 Å². The highest BCUT2D eigenvalue weighted by Gasteiger charge is 2.35. The Morgan fingerprint density at radius 1 is 0.864 bits per heavy atom. The maximum absolute atomic E-state index is 13.1. The summed E-state index contributed by atoms with van der Waals surface area (Å²) in [6.07, 6.45) is 1.84. The van der Waals surface area contributed by atoms with Crippen LogP contribution in [0.2, 0.25) is 0 Å². The molecule has 0 radical (unpaired) electrons. The van der Waals surface area contributed by atoms with Gasteiger partial charge in [0.05, 0.1) is 27.1 Å². The number of carbonyl (C=O) groups excluding carboxylic acids is 1. The Labute approximate surface area is 130 Å². The number of hydrogen-bond acceptors (Lipinski definition) is 2. The molecule has 0 saturated carbocycles. The van der Waals surface area contributed by atoms with Crippen LogP contribution in [0.15, 0.2) is 77.8 Å². The van der Waals surface area contributed by atoms with Crippen molar-refractivity contribution in [2.75, 3.05) is 0 Å². The molecular formula is C18H13NO2S. The second-order valence-corrected chi connectivity index (χ2v) is 6.69. The van der Waals surface area contributed by atoms with Gasteiger partial charge >= 0.3 is 0 Å². The number of rotatable bonds is 1. The lowest BCUT2D eigenvalue weighted by molar-refractivity contribution is 0.0982. The first-order valence-electron chi connectivity index (χ1n) is 7.04. The molecule has 0 spiro atoms. The fourth-order valence-corrected chi connectivity index (χ4v) is 4.44. The topological polar surface area (TPSA) is 39.1 Å². The molecule has 0 N–H and O–H groups in total. The first-order valence-corrected chi connectivity index (χ1v) is 8.25. The molecule has 1 aromatic heterocycles. The number of Topliss-reactive ketones (excluding diaryl/α,β-unsaturated/α-hetero) is 1. The number of benzene rings is 2. The lowest BCUT2D eigenvalue weighted by atomic mass is 10.1. The van der Waals surface area contributed by atoms with Crippen LogP contribution in [0.3, 0.4) is 0 Å². The minimum absolute atomic E-state index is 0.106. The van der Waals surface area contributed by atoms with E-state index >= 15 is 0 Å². The Morgan fingerprint density at radius 3 is 2.41 bits per heavy atom. The largest absolute Gasteiger partial charge is 0.313 e. The summed E-state index contributed by atoms with van der Waals surface area (Å²) in [4.78, 5) is 13.7. The first kappa shape index (κ1) is 13.2. The molecule has 1 aliphatic rings. The fraction of sp³-hybridized carbons (Fsp3) is 0.0556. The van der Waals surface area contributed by atoms with Crippen molar-refractivity contribution in [3.05, 3.63) is 84.2 Å². The van der Waals surface area contributed by atoms with E-state index in [0.717, 1.165) is 11.3 Å². The Morgan fingerprint density at radius 2 is 1.59 bits per heavy atom. The molecule has 4 rings (SSSR count). The average molecular weight is 307 g/mol. The van der Waals surface area contributed by atoms with Gasteiger partial charge in [-0.25, -0.2) is 0 Å². The quantitative estimate of drug-likeness (QED) is 0.690. The molecule has 1 aliphatic heterocycles. The standard InChI is InChI=1S/C18H13NO2S/c20-17-15-10-6-12-19(15)14-9-4-5-11-16(14)22(21)18(17)13-7-2-1-3-8-13/h1-12,18H/t18-,22-/m1/s1. The third-order valence-corrected chi connectivity index (χ3v) is 5.59. The zero-order chi connectivity index (χ0) is 15.1. The Bertz CT molecular complexity index is 883. The van der Waals surface area contributed by atoms with Gasteiger partial charge in [0.15, 0.2) is 5.78 Å². The van der Waals surface area contributed by atoms with Crippen molar-refractivity contribution >= 4 is 16.6 Å². The van der Waals surface area contributed by atoms with Crippen LogP contribution in [0, 0.1) is 0 Å². The molecule has 0 unspecified atom stereocenters. The third-order valence-electron chi connectivity index (χ3n) is 3.90. The molecule has 0 saturated heterocycles. The smallest absolute Gasteiger partial charge is 0.199 e. The summed E-state index contributed by atoms with van der Waals surface area (Å²) < 4.78 is 14.9. The van der Waals surface area contributed by atoms with E-state index < -0.39 is 16.0 Å². The average Bonchev–Trinajstić information content (AvgIpc) is 3.02. The van der Waals surface area contributed by atoms with Gasteiger partial charge in [-0.2, -0.15) is 0 Å². The minimum atomic E-state index is -1.43. The maximum Gasteiger partial charge on any atom is 0.199 e. The van der Waals surface area contributed by atoms with E-state index in [-0.39, 0.29) is 5.78 Å². The van der Waals surface area contributed by atoms with Crippen molar-refractivity contribution in [2.45, 2.75) is 10.1 Å². The lowest BCUT2D eigenvalue weighted by Gasteiger charge is -2.13. The van der Waals surface area contributed by atoms with E-state index in [9.17, 15) is 9.00 Å². The fourth-order valence-electron chi connectivity index (χ4n) is 2.88. The van der Waals surface area contributed by atoms with Crippen LogP contribution in [-0.2, 0) is 10.8 Å². The first-order chi connectivity index (χ1) is 10.8. The Balaban J connectivity index is 2.01. The van der Waals surface area contributed by atoms with Crippen molar-refractivity contribution in [3.63, 3.8) is 0 Å². The van der Waals surface area contributed by atoms with Crippen molar-refractivity contribution in [3.8, 4) is 5.69 Å². The summed E-state index contributed by atoms with van der Waals surface area (Å²) in [5.41, 5.74) is 2.18. The molecule has 0 aliphatic carbocycles. The highest BCUT2D eigenvalue weighted by molar-refractivity contribution is 7.86. The monoisotopic (exact) mass is 307 g/mol. The number of fused-ring (bicyclic) bond motifs is 3. The van der Waals surface area contributed by atoms with Crippen molar-refractivity contribution in [2.24, 2.45) is 0 Å². The normalized spacial score (nSPS) is 20.1. The van der Waals surface area contributed by atoms with Crippen LogP contribution in [0.4, 0.5) is 0 Å². The Hall–Kier alpha value is -2.46. The predicted octanol–water partition coefficient (Wildman–Crippen LogP) is 3.52. The van der Waals surface area contributed by atoms with Crippen LogP contribution in [0.1, 0.15) is 21.3 Å². The number of nitrogens with zero attached hydrogens (tertiary/aromatic N) is 1. The van der Waals surface area contributed by atoms with E-state index in [1.165, 1.54) is 0 Å². The van der Waals surface area contributed by atoms with Crippen LogP contribution in [-0.4, -0.2) is 14.6 Å². The van der Waals surface area contributed by atoms with Gasteiger partial charge in [0.2, 0.25) is 0 Å². The second kappa shape index (κ2) is 5.07. The van der Waals surface area contributed by atoms with E-state index in [4.69, 9.17) is 0 Å². The van der Waals surface area contributed by atoms with Crippen LogP contribution in [0.25, 0.3) is 5.69 Å². The molecule has 4 heteroatoms. The highest BCUT2D eigenvalue weighted by atomic mass is 32.2. The summed E-state index contributed by atoms with van der Waals surface area (Å²) >= 11 is 0. The van der Waals surface area contributed by atoms with Crippen LogP contribution < -0.4 is 0 Å². The summed E-state index contributed by atoms with van der Waals surface area (Å²) in [5.74, 6) is -0.106. The minimum Gasteiger partial charge on any atom is -0.313 e. The van der Waals surface area contributed by atoms with Gasteiger partial charge in [0, 0.05) is 6.20 Å². The third kappa shape index (κ3) is 1.88. The van der Waals surface area contributed by atoms with Crippen LogP contribution >= 0.6 is 0 Å². The molecule has 2 heterocycles. The second-order valence-electron chi connectivity index (χ2n) is 5.18. The molecular weight excluding hydrogens is 294 g/mol. The highest BCUT2D eigenvalue weighted by Crippen LogP contribution is 2.35. The molecule has 0 amide bonds. The number of para-hydroxylation sites is 1. The van der Waals surface area contributed by atoms with Gasteiger partial charge in [0.25, 0.3) is 0 Å². The van der Waals surface area contributed by atoms with Gasteiger partial charge in [-0.15, -0.1) is 0 Å². The number of ketones is 1. The molecule has 3 nitrogen and oxygen atoms in total. The summed E-state index contributed by atoms with van der Waals surface area (Å²) in [6, 6.07) is 20.5. The lowest BCUT2D eigenvalue weighted by Crippen LogP contribution is -2.17. The number of aromatic nitrogens is 1. The van der Waals surface area contributed by atoms with E-state index in [1.807, 2.05) is 71.4 Å². The molecule has 22 heavy (non-hydrogen) atoms. The SMILES string of the molecule is O=C1c2cccn2-c2ccccc2[S@@](=O)[C@@H]1c1ccccc1. The summed E-state index contributed by atoms with van der Waals surface area (Å²) in [5, 5.41) is -0.668. The van der Waals surface area contributed by atoms with Crippen molar-refractivity contribution in [1.29, 1.82) is 0 Å². The van der Waals surface area contributed by atoms with Gasteiger partial charge in [0.1, 0.15) is 5.25 Å². The number of carbonyl (C=O) groups is 1. The molecule has 3 aromatic rings. The molecule has 2 aromatic carbocycles. The van der Waals surface area contributed by atoms with E-state index in [2.05, 4.69) is 0 Å². The zero-order valence-corrected chi connectivity index (χ0v) is 12.5. The van der Waals surface area contributed by atoms with Crippen molar-refractivity contribution in [1.82, 2.24) is 4.57 Å².